The van der Waals surface area contributed by atoms with Crippen molar-refractivity contribution in [1.82, 2.24) is 0 Å². The lowest BCUT2D eigenvalue weighted by molar-refractivity contribution is 0.0697. The van der Waals surface area contributed by atoms with Gasteiger partial charge in [-0.25, -0.2) is 4.79 Å². The molecule has 0 aliphatic carbocycles. The van der Waals surface area contributed by atoms with Crippen LogP contribution in [0.1, 0.15) is 38.1 Å². The fourth-order valence-electron chi connectivity index (χ4n) is 1.54. The van der Waals surface area contributed by atoms with E-state index in [1.165, 1.54) is 0 Å². The zero-order valence-corrected chi connectivity index (χ0v) is 12.1. The van der Waals surface area contributed by atoms with Gasteiger partial charge in [0.1, 0.15) is 0 Å². The van der Waals surface area contributed by atoms with Gasteiger partial charge in [-0.3, -0.25) is 0 Å². The third kappa shape index (κ3) is 4.96. The van der Waals surface area contributed by atoms with Gasteiger partial charge in [0.25, 0.3) is 0 Å². The molecule has 102 valence electrons. The zero-order valence-electron chi connectivity index (χ0n) is 12.1. The van der Waals surface area contributed by atoms with E-state index in [9.17, 15) is 4.79 Å². The van der Waals surface area contributed by atoms with Crippen molar-refractivity contribution < 1.29 is 9.90 Å². The molecule has 0 fully saturated rings. The summed E-state index contributed by atoms with van der Waals surface area (Å²) in [6.07, 6.45) is 0. The summed E-state index contributed by atoms with van der Waals surface area (Å²) in [7, 11) is 0. The van der Waals surface area contributed by atoms with E-state index in [2.05, 4.69) is 0 Å². The van der Waals surface area contributed by atoms with E-state index in [0.29, 0.717) is 5.56 Å². The molecule has 1 N–H and O–H groups in total. The highest BCUT2D eigenvalue weighted by Gasteiger charge is 2.09. The van der Waals surface area contributed by atoms with Crippen molar-refractivity contribution in [2.45, 2.75) is 27.7 Å². The van der Waals surface area contributed by atoms with Gasteiger partial charge in [-0.2, -0.15) is 0 Å². The Morgan fingerprint density at radius 3 is 1.79 bits per heavy atom. The highest BCUT2D eigenvalue weighted by molar-refractivity contribution is 5.95. The molecule has 0 aliphatic rings. The quantitative estimate of drug-likeness (QED) is 0.813. The third-order valence-corrected chi connectivity index (χ3v) is 2.24. The smallest absolute Gasteiger partial charge is 0.336 e. The maximum absolute atomic E-state index is 11.0. The predicted molar refractivity (Wildman–Crippen MR) is 81.5 cm³/mol. The molecule has 0 bridgehead atoms. The first-order valence-electron chi connectivity index (χ1n) is 6.67. The number of hydrogen-bond acceptors (Lipinski definition) is 1. The van der Waals surface area contributed by atoms with E-state index in [0.717, 1.165) is 11.1 Å². The lowest BCUT2D eigenvalue weighted by atomic mass is 10.00. The van der Waals surface area contributed by atoms with E-state index in [1.54, 1.807) is 12.1 Å². The van der Waals surface area contributed by atoms with Crippen molar-refractivity contribution in [1.29, 1.82) is 0 Å². The molecule has 0 heterocycles. The van der Waals surface area contributed by atoms with Crippen molar-refractivity contribution in [3.63, 3.8) is 0 Å². The van der Waals surface area contributed by atoms with Crippen molar-refractivity contribution >= 4 is 5.97 Å². The number of carboxylic acid groups (broad SMARTS) is 1. The lowest BCUT2D eigenvalue weighted by Crippen LogP contribution is -1.98. The second kappa shape index (κ2) is 9.89. The van der Waals surface area contributed by atoms with E-state index >= 15 is 0 Å². The van der Waals surface area contributed by atoms with Gasteiger partial charge in [0, 0.05) is 0 Å². The van der Waals surface area contributed by atoms with Gasteiger partial charge in [0.2, 0.25) is 0 Å². The molecule has 0 aromatic heterocycles. The van der Waals surface area contributed by atoms with Crippen LogP contribution in [0.15, 0.2) is 54.6 Å². The van der Waals surface area contributed by atoms with Crippen molar-refractivity contribution in [2.75, 3.05) is 0 Å². The predicted octanol–water partition coefficient (Wildman–Crippen LogP) is 5.10. The number of carbonyl (C=O) groups is 1. The maximum atomic E-state index is 11.0. The molecular weight excluding hydrogens is 236 g/mol. The second-order valence-electron chi connectivity index (χ2n) is 3.22. The fraction of sp³-hybridized carbons (Fsp3) is 0.235. The molecule has 2 rings (SSSR count). The number of aromatic carboxylic acids is 1. The molecule has 0 aliphatic heterocycles. The Morgan fingerprint density at radius 1 is 0.789 bits per heavy atom. The third-order valence-electron chi connectivity index (χ3n) is 2.24. The molecule has 0 unspecified atom stereocenters. The Labute approximate surface area is 115 Å². The molecule has 0 saturated heterocycles. The molecule has 0 saturated carbocycles. The molecule has 19 heavy (non-hydrogen) atoms. The standard InChI is InChI=1S/C13H10O2.2C2H6/c14-13(15)12-9-5-4-8-11(12)10-6-2-1-3-7-10;2*1-2/h1-9H,(H,14,15);2*1-2H3. The minimum absolute atomic E-state index is 0.337. The van der Waals surface area contributed by atoms with Crippen molar-refractivity contribution in [3.05, 3.63) is 60.2 Å². The van der Waals surface area contributed by atoms with E-state index in [1.807, 2.05) is 70.2 Å². The average molecular weight is 258 g/mol. The Balaban J connectivity index is 0.000000741. The van der Waals surface area contributed by atoms with Gasteiger partial charge < -0.3 is 5.11 Å². The van der Waals surface area contributed by atoms with Gasteiger partial charge in [-0.1, -0.05) is 76.2 Å². The summed E-state index contributed by atoms with van der Waals surface area (Å²) in [5.74, 6) is -0.894. The molecule has 2 aromatic carbocycles. The highest BCUT2D eigenvalue weighted by atomic mass is 16.4. The van der Waals surface area contributed by atoms with Gasteiger partial charge in [-0.05, 0) is 17.2 Å². The number of benzene rings is 2. The summed E-state index contributed by atoms with van der Waals surface area (Å²) in [4.78, 5) is 11.0. The van der Waals surface area contributed by atoms with Crippen LogP contribution in [0, 0.1) is 0 Å². The molecule has 2 heteroatoms. The fourth-order valence-corrected chi connectivity index (χ4v) is 1.54. The van der Waals surface area contributed by atoms with Gasteiger partial charge in [-0.15, -0.1) is 0 Å². The van der Waals surface area contributed by atoms with Crippen LogP contribution in [0.25, 0.3) is 11.1 Å². The topological polar surface area (TPSA) is 37.3 Å². The number of hydrogen-bond donors (Lipinski definition) is 1. The summed E-state index contributed by atoms with van der Waals surface area (Å²) in [5.41, 5.74) is 2.02. The largest absolute Gasteiger partial charge is 0.478 e. The summed E-state index contributed by atoms with van der Waals surface area (Å²) >= 11 is 0. The van der Waals surface area contributed by atoms with Crippen molar-refractivity contribution in [2.24, 2.45) is 0 Å². The monoisotopic (exact) mass is 258 g/mol. The SMILES string of the molecule is CC.CC.O=C(O)c1ccccc1-c1ccccc1. The molecule has 2 nitrogen and oxygen atoms in total. The molecule has 2 aromatic rings. The van der Waals surface area contributed by atoms with Crippen LogP contribution >= 0.6 is 0 Å². The average Bonchev–Trinajstić information content (AvgIpc) is 2.52. The van der Waals surface area contributed by atoms with Crippen LogP contribution in [-0.2, 0) is 0 Å². The van der Waals surface area contributed by atoms with Crippen LogP contribution in [0.3, 0.4) is 0 Å². The summed E-state index contributed by atoms with van der Waals surface area (Å²) in [6, 6.07) is 16.5. The molecule has 0 atom stereocenters. The van der Waals surface area contributed by atoms with Crippen LogP contribution in [0.4, 0.5) is 0 Å². The zero-order chi connectivity index (χ0) is 14.7. The molecule has 0 radical (unpaired) electrons. The highest BCUT2D eigenvalue weighted by Crippen LogP contribution is 2.22. The van der Waals surface area contributed by atoms with Crippen LogP contribution in [0.5, 0.6) is 0 Å². The Kier molecular flexibility index (Phi) is 8.80. The van der Waals surface area contributed by atoms with E-state index in [-0.39, 0.29) is 0 Å². The van der Waals surface area contributed by atoms with E-state index in [4.69, 9.17) is 5.11 Å². The number of rotatable bonds is 2. The Hall–Kier alpha value is -2.09. The first-order chi connectivity index (χ1) is 9.29. The van der Waals surface area contributed by atoms with Crippen LogP contribution in [-0.4, -0.2) is 11.1 Å². The van der Waals surface area contributed by atoms with Crippen LogP contribution in [0.2, 0.25) is 0 Å². The molecule has 0 amide bonds. The van der Waals surface area contributed by atoms with Gasteiger partial charge in [0.15, 0.2) is 0 Å². The Morgan fingerprint density at radius 2 is 1.26 bits per heavy atom. The van der Waals surface area contributed by atoms with E-state index < -0.39 is 5.97 Å². The van der Waals surface area contributed by atoms with Gasteiger partial charge in [0.05, 0.1) is 5.56 Å². The summed E-state index contributed by atoms with van der Waals surface area (Å²) in [6.45, 7) is 8.00. The first kappa shape index (κ1) is 16.9. The minimum atomic E-state index is -0.894. The van der Waals surface area contributed by atoms with Crippen molar-refractivity contribution in [3.8, 4) is 11.1 Å². The Bertz CT molecular complexity index is 476. The van der Waals surface area contributed by atoms with Crippen LogP contribution < -0.4 is 0 Å². The second-order valence-corrected chi connectivity index (χ2v) is 3.22. The summed E-state index contributed by atoms with van der Waals surface area (Å²) in [5, 5.41) is 9.03. The normalized spacial score (nSPS) is 8.42. The molecule has 0 spiro atoms. The lowest BCUT2D eigenvalue weighted by Gasteiger charge is -2.05. The summed E-state index contributed by atoms with van der Waals surface area (Å²) < 4.78 is 0. The minimum Gasteiger partial charge on any atom is -0.478 e. The number of carboxylic acids is 1. The van der Waals surface area contributed by atoms with Gasteiger partial charge >= 0.3 is 5.97 Å². The molecular formula is C17H22O2. The maximum Gasteiger partial charge on any atom is 0.336 e. The first-order valence-corrected chi connectivity index (χ1v) is 6.67.